The Hall–Kier alpha value is -2.11. The highest BCUT2D eigenvalue weighted by molar-refractivity contribution is 5.80. The van der Waals surface area contributed by atoms with Crippen molar-refractivity contribution < 1.29 is 23.5 Å². The minimum atomic E-state index is -0.817. The van der Waals surface area contributed by atoms with Gasteiger partial charge in [0, 0.05) is 18.5 Å². The van der Waals surface area contributed by atoms with Gasteiger partial charge in [0.2, 0.25) is 5.91 Å². The lowest BCUT2D eigenvalue weighted by Gasteiger charge is -2.24. The van der Waals surface area contributed by atoms with Crippen LogP contribution in [0.15, 0.2) is 12.1 Å². The van der Waals surface area contributed by atoms with E-state index in [-0.39, 0.29) is 18.1 Å². The predicted molar refractivity (Wildman–Crippen MR) is 77.8 cm³/mol. The van der Waals surface area contributed by atoms with E-state index in [1.54, 1.807) is 6.92 Å². The lowest BCUT2D eigenvalue weighted by molar-refractivity contribution is -0.138. The first-order valence-corrected chi connectivity index (χ1v) is 7.22. The summed E-state index contributed by atoms with van der Waals surface area (Å²) in [4.78, 5) is 25.1. The standard InChI is InChI=1S/C16H20FNO4/c1-10-7-11(2)12(13(17)8-10)9-14(19)18-6-4-5-15(18)22-16(20)21-3/h7-8,15H,4-6,9H2,1-3H3. The number of halogens is 1. The molecule has 0 saturated carbocycles. The van der Waals surface area contributed by atoms with E-state index in [1.807, 2.05) is 13.0 Å². The molecular weight excluding hydrogens is 289 g/mol. The Labute approximate surface area is 129 Å². The number of carbonyl (C=O) groups is 2. The Morgan fingerprint density at radius 1 is 1.36 bits per heavy atom. The zero-order chi connectivity index (χ0) is 16.3. The van der Waals surface area contributed by atoms with E-state index in [1.165, 1.54) is 18.1 Å². The third-order valence-electron chi connectivity index (χ3n) is 3.81. The van der Waals surface area contributed by atoms with Crippen LogP contribution in [0.1, 0.15) is 29.5 Å². The Morgan fingerprint density at radius 2 is 2.09 bits per heavy atom. The Bertz CT molecular complexity index is 565. The minimum Gasteiger partial charge on any atom is -0.438 e. The minimum absolute atomic E-state index is 0.0427. The molecule has 1 amide bonds. The van der Waals surface area contributed by atoms with Gasteiger partial charge in [-0.3, -0.25) is 4.79 Å². The van der Waals surface area contributed by atoms with E-state index < -0.39 is 12.4 Å². The Kier molecular flexibility index (Phi) is 5.00. The molecule has 0 spiro atoms. The van der Waals surface area contributed by atoms with Crippen LogP contribution in [0.2, 0.25) is 0 Å². The highest BCUT2D eigenvalue weighted by Crippen LogP contribution is 2.22. The topological polar surface area (TPSA) is 55.8 Å². The molecule has 0 bridgehead atoms. The first-order valence-electron chi connectivity index (χ1n) is 7.22. The van der Waals surface area contributed by atoms with Gasteiger partial charge in [0.05, 0.1) is 13.5 Å². The van der Waals surface area contributed by atoms with Gasteiger partial charge in [-0.1, -0.05) is 6.07 Å². The average molecular weight is 309 g/mol. The quantitative estimate of drug-likeness (QED) is 0.806. The van der Waals surface area contributed by atoms with Crippen molar-refractivity contribution in [1.29, 1.82) is 0 Å². The number of aryl methyl sites for hydroxylation is 2. The summed E-state index contributed by atoms with van der Waals surface area (Å²) in [5.41, 5.74) is 1.95. The van der Waals surface area contributed by atoms with Crippen LogP contribution in [0.4, 0.5) is 9.18 Å². The van der Waals surface area contributed by atoms with Crippen molar-refractivity contribution in [1.82, 2.24) is 4.90 Å². The number of carbonyl (C=O) groups excluding carboxylic acids is 2. The molecule has 0 radical (unpaired) electrons. The van der Waals surface area contributed by atoms with Gasteiger partial charge in [-0.25, -0.2) is 9.18 Å². The molecule has 5 nitrogen and oxygen atoms in total. The molecule has 6 heteroatoms. The van der Waals surface area contributed by atoms with Crippen molar-refractivity contribution in [3.63, 3.8) is 0 Å². The lowest BCUT2D eigenvalue weighted by atomic mass is 10.0. The molecule has 1 aromatic carbocycles. The molecule has 1 heterocycles. The number of methoxy groups -OCH3 is 1. The van der Waals surface area contributed by atoms with Crippen molar-refractivity contribution in [2.45, 2.75) is 39.3 Å². The maximum atomic E-state index is 14.0. The molecule has 0 N–H and O–H groups in total. The maximum absolute atomic E-state index is 14.0. The number of ether oxygens (including phenoxy) is 2. The first kappa shape index (κ1) is 16.3. The number of benzene rings is 1. The highest BCUT2D eigenvalue weighted by Gasteiger charge is 2.32. The van der Waals surface area contributed by atoms with E-state index in [0.29, 0.717) is 18.5 Å². The van der Waals surface area contributed by atoms with Crippen molar-refractivity contribution >= 4 is 12.1 Å². The third kappa shape index (κ3) is 3.55. The molecule has 1 aromatic rings. The van der Waals surface area contributed by atoms with Gasteiger partial charge in [-0.2, -0.15) is 0 Å². The maximum Gasteiger partial charge on any atom is 0.509 e. The van der Waals surface area contributed by atoms with E-state index in [9.17, 15) is 14.0 Å². The SMILES string of the molecule is COC(=O)OC1CCCN1C(=O)Cc1c(C)cc(C)cc1F. The summed E-state index contributed by atoms with van der Waals surface area (Å²) < 4.78 is 23.6. The van der Waals surface area contributed by atoms with Crippen LogP contribution >= 0.6 is 0 Å². The molecule has 0 aliphatic carbocycles. The normalized spacial score (nSPS) is 17.5. The van der Waals surface area contributed by atoms with Crippen LogP contribution < -0.4 is 0 Å². The number of amides is 1. The van der Waals surface area contributed by atoms with E-state index >= 15 is 0 Å². The molecule has 1 saturated heterocycles. The second kappa shape index (κ2) is 6.77. The molecule has 2 rings (SSSR count). The molecule has 0 aromatic heterocycles. The van der Waals surface area contributed by atoms with Crippen LogP contribution in [0.25, 0.3) is 0 Å². The van der Waals surface area contributed by atoms with Gasteiger partial charge in [0.25, 0.3) is 0 Å². The Balaban J connectivity index is 2.10. The molecule has 22 heavy (non-hydrogen) atoms. The van der Waals surface area contributed by atoms with Gasteiger partial charge in [-0.15, -0.1) is 0 Å². The van der Waals surface area contributed by atoms with Gasteiger partial charge >= 0.3 is 6.16 Å². The monoisotopic (exact) mass is 309 g/mol. The number of rotatable bonds is 3. The number of nitrogens with zero attached hydrogens (tertiary/aromatic N) is 1. The van der Waals surface area contributed by atoms with E-state index in [4.69, 9.17) is 4.74 Å². The fourth-order valence-corrected chi connectivity index (χ4v) is 2.73. The largest absolute Gasteiger partial charge is 0.509 e. The summed E-state index contributed by atoms with van der Waals surface area (Å²) in [5.74, 6) is -0.632. The van der Waals surface area contributed by atoms with Crippen molar-refractivity contribution in [2.24, 2.45) is 0 Å². The molecule has 120 valence electrons. The summed E-state index contributed by atoms with van der Waals surface area (Å²) in [5, 5.41) is 0. The second-order valence-electron chi connectivity index (χ2n) is 5.47. The summed E-state index contributed by atoms with van der Waals surface area (Å²) in [7, 11) is 1.22. The zero-order valence-electron chi connectivity index (χ0n) is 13.0. The summed E-state index contributed by atoms with van der Waals surface area (Å²) in [6.45, 7) is 4.08. The van der Waals surface area contributed by atoms with Crippen LogP contribution in [-0.4, -0.2) is 36.8 Å². The predicted octanol–water partition coefficient (Wildman–Crippen LogP) is 2.72. The van der Waals surface area contributed by atoms with Crippen LogP contribution in [0.5, 0.6) is 0 Å². The van der Waals surface area contributed by atoms with E-state index in [0.717, 1.165) is 17.5 Å². The first-order chi connectivity index (χ1) is 10.4. The molecule has 1 aliphatic heterocycles. The zero-order valence-corrected chi connectivity index (χ0v) is 13.0. The number of hydrogen-bond donors (Lipinski definition) is 0. The fraction of sp³-hybridized carbons (Fsp3) is 0.500. The molecular formula is C16H20FNO4. The number of likely N-dealkylation sites (tertiary alicyclic amines) is 1. The molecule has 1 fully saturated rings. The van der Waals surface area contributed by atoms with Crippen molar-refractivity contribution in [2.75, 3.05) is 13.7 Å². The van der Waals surface area contributed by atoms with E-state index in [2.05, 4.69) is 4.74 Å². The van der Waals surface area contributed by atoms with Gasteiger partial charge in [0.1, 0.15) is 5.82 Å². The summed E-state index contributed by atoms with van der Waals surface area (Å²) in [6, 6.07) is 3.26. The molecule has 1 unspecified atom stereocenters. The average Bonchev–Trinajstić information content (AvgIpc) is 2.90. The third-order valence-corrected chi connectivity index (χ3v) is 3.81. The summed E-state index contributed by atoms with van der Waals surface area (Å²) in [6.07, 6.45) is -0.186. The van der Waals surface area contributed by atoms with Gasteiger partial charge in [0.15, 0.2) is 6.23 Å². The summed E-state index contributed by atoms with van der Waals surface area (Å²) >= 11 is 0. The molecule has 1 aliphatic rings. The second-order valence-corrected chi connectivity index (χ2v) is 5.47. The van der Waals surface area contributed by atoms with Crippen molar-refractivity contribution in [3.05, 3.63) is 34.6 Å². The van der Waals surface area contributed by atoms with Gasteiger partial charge in [-0.05, 0) is 37.5 Å². The lowest BCUT2D eigenvalue weighted by Crippen LogP contribution is -2.39. The van der Waals surface area contributed by atoms with Crippen LogP contribution in [0.3, 0.4) is 0 Å². The van der Waals surface area contributed by atoms with Gasteiger partial charge < -0.3 is 14.4 Å². The van der Waals surface area contributed by atoms with Crippen molar-refractivity contribution in [3.8, 4) is 0 Å². The smallest absolute Gasteiger partial charge is 0.438 e. The highest BCUT2D eigenvalue weighted by atomic mass is 19.1. The van der Waals surface area contributed by atoms with Crippen LogP contribution in [0, 0.1) is 19.7 Å². The molecule has 1 atom stereocenters. The number of hydrogen-bond acceptors (Lipinski definition) is 4. The van der Waals surface area contributed by atoms with Crippen LogP contribution in [-0.2, 0) is 20.7 Å². The Morgan fingerprint density at radius 3 is 2.73 bits per heavy atom. The fourth-order valence-electron chi connectivity index (χ4n) is 2.73.